The molecule has 0 spiro atoms. The van der Waals surface area contributed by atoms with E-state index in [-0.39, 0.29) is 24.5 Å². The van der Waals surface area contributed by atoms with Crippen LogP contribution in [0.1, 0.15) is 28.8 Å². The lowest BCUT2D eigenvalue weighted by molar-refractivity contribution is -0.121. The number of nitrogens with one attached hydrogen (secondary N) is 1. The van der Waals surface area contributed by atoms with Crippen LogP contribution in [0.2, 0.25) is 0 Å². The number of hydrogen-bond acceptors (Lipinski definition) is 4. The lowest BCUT2D eigenvalue weighted by Crippen LogP contribution is -2.23. The molecule has 6 heteroatoms. The molecular formula is C20H20N4O2. The topological polar surface area (TPSA) is 76.9 Å². The third-order valence-corrected chi connectivity index (χ3v) is 4.08. The number of Topliss-reactive ketones (excluding diaryl/α,β-unsaturated/α-hetero) is 1. The van der Waals surface area contributed by atoms with Crippen LogP contribution in [0.5, 0.6) is 0 Å². The van der Waals surface area contributed by atoms with Crippen molar-refractivity contribution in [1.82, 2.24) is 20.1 Å². The van der Waals surface area contributed by atoms with E-state index in [0.29, 0.717) is 12.1 Å². The van der Waals surface area contributed by atoms with E-state index in [1.165, 1.54) is 0 Å². The second-order valence-corrected chi connectivity index (χ2v) is 5.99. The quantitative estimate of drug-likeness (QED) is 0.666. The summed E-state index contributed by atoms with van der Waals surface area (Å²) >= 11 is 0. The van der Waals surface area contributed by atoms with E-state index in [4.69, 9.17) is 0 Å². The third-order valence-electron chi connectivity index (χ3n) is 4.08. The number of aromatic nitrogens is 3. The van der Waals surface area contributed by atoms with Gasteiger partial charge < -0.3 is 5.32 Å². The number of carbonyl (C=O) groups excluding carboxylic acids is 2. The predicted molar refractivity (Wildman–Crippen MR) is 98.3 cm³/mol. The molecule has 2 aromatic heterocycles. The van der Waals surface area contributed by atoms with Gasteiger partial charge in [0.05, 0.1) is 5.69 Å². The molecule has 6 nitrogen and oxygen atoms in total. The van der Waals surface area contributed by atoms with Gasteiger partial charge in [0.1, 0.15) is 0 Å². The summed E-state index contributed by atoms with van der Waals surface area (Å²) < 4.78 is 1.77. The van der Waals surface area contributed by atoms with Crippen LogP contribution in [0.3, 0.4) is 0 Å². The molecule has 0 fully saturated rings. The Morgan fingerprint density at radius 3 is 2.62 bits per heavy atom. The molecule has 0 unspecified atom stereocenters. The molecule has 0 saturated heterocycles. The van der Waals surface area contributed by atoms with E-state index < -0.39 is 0 Å². The zero-order valence-electron chi connectivity index (χ0n) is 14.6. The minimum Gasteiger partial charge on any atom is -0.352 e. The summed E-state index contributed by atoms with van der Waals surface area (Å²) in [7, 11) is 1.87. The highest BCUT2D eigenvalue weighted by molar-refractivity contribution is 5.97. The molecule has 0 aliphatic heterocycles. The summed E-state index contributed by atoms with van der Waals surface area (Å²) in [5.74, 6) is -0.180. The van der Waals surface area contributed by atoms with Crippen molar-refractivity contribution in [2.75, 3.05) is 0 Å². The average molecular weight is 348 g/mol. The molecule has 0 bridgehead atoms. The number of pyridine rings is 1. The molecule has 26 heavy (non-hydrogen) atoms. The van der Waals surface area contributed by atoms with E-state index in [0.717, 1.165) is 16.8 Å². The molecule has 0 aliphatic carbocycles. The first-order chi connectivity index (χ1) is 12.6. The van der Waals surface area contributed by atoms with Crippen molar-refractivity contribution in [2.24, 2.45) is 7.05 Å². The van der Waals surface area contributed by atoms with Crippen LogP contribution in [0.4, 0.5) is 0 Å². The zero-order chi connectivity index (χ0) is 18.4. The van der Waals surface area contributed by atoms with Crippen molar-refractivity contribution < 1.29 is 9.59 Å². The lowest BCUT2D eigenvalue weighted by atomic mass is 10.1. The van der Waals surface area contributed by atoms with Gasteiger partial charge in [0.25, 0.3) is 0 Å². The van der Waals surface area contributed by atoms with Crippen molar-refractivity contribution in [3.63, 3.8) is 0 Å². The Hall–Kier alpha value is -3.28. The number of rotatable bonds is 7. The standard InChI is InChI=1S/C20H20N4O2/c1-24-18(9-10-23-24)17-11-15(12-21-14-17)13-22-20(26)8-7-19(25)16-5-3-2-4-6-16/h2-6,9-12,14H,7-8,13H2,1H3,(H,22,26). The number of hydrogen-bond donors (Lipinski definition) is 1. The van der Waals surface area contributed by atoms with Crippen LogP contribution in [0.15, 0.2) is 61.1 Å². The molecule has 0 saturated carbocycles. The average Bonchev–Trinajstić information content (AvgIpc) is 3.11. The highest BCUT2D eigenvalue weighted by Crippen LogP contribution is 2.18. The van der Waals surface area contributed by atoms with Gasteiger partial charge in [-0.2, -0.15) is 5.10 Å². The molecule has 1 amide bonds. The fourth-order valence-electron chi connectivity index (χ4n) is 2.67. The Labute approximate surface area is 151 Å². The molecule has 0 aliphatic rings. The second-order valence-electron chi connectivity index (χ2n) is 5.99. The molecule has 2 heterocycles. The van der Waals surface area contributed by atoms with Crippen LogP contribution in [-0.4, -0.2) is 26.5 Å². The van der Waals surface area contributed by atoms with E-state index in [9.17, 15) is 9.59 Å². The van der Waals surface area contributed by atoms with Crippen molar-refractivity contribution in [3.05, 3.63) is 72.2 Å². The first kappa shape index (κ1) is 17.5. The lowest BCUT2D eigenvalue weighted by Gasteiger charge is -2.07. The number of carbonyl (C=O) groups is 2. The Morgan fingerprint density at radius 1 is 1.08 bits per heavy atom. The van der Waals surface area contributed by atoms with Crippen LogP contribution < -0.4 is 5.32 Å². The zero-order valence-corrected chi connectivity index (χ0v) is 14.6. The largest absolute Gasteiger partial charge is 0.352 e. The maximum atomic E-state index is 12.0. The van der Waals surface area contributed by atoms with Gasteiger partial charge >= 0.3 is 0 Å². The smallest absolute Gasteiger partial charge is 0.220 e. The van der Waals surface area contributed by atoms with E-state index in [1.54, 1.807) is 35.4 Å². The number of aryl methyl sites for hydroxylation is 1. The Bertz CT molecular complexity index is 903. The summed E-state index contributed by atoms with van der Waals surface area (Å²) in [6.45, 7) is 0.372. The molecule has 1 aromatic carbocycles. The van der Waals surface area contributed by atoms with Gasteiger partial charge in [-0.15, -0.1) is 0 Å². The molecule has 0 radical (unpaired) electrons. The first-order valence-electron chi connectivity index (χ1n) is 8.41. The van der Waals surface area contributed by atoms with Gasteiger partial charge in [0.15, 0.2) is 5.78 Å². The van der Waals surface area contributed by atoms with Gasteiger partial charge in [-0.1, -0.05) is 30.3 Å². The molecule has 132 valence electrons. The second kappa shape index (κ2) is 8.20. The monoisotopic (exact) mass is 348 g/mol. The molecule has 1 N–H and O–H groups in total. The SMILES string of the molecule is Cn1nccc1-c1cncc(CNC(=O)CCC(=O)c2ccccc2)c1. The van der Waals surface area contributed by atoms with Gasteiger partial charge in [0, 0.05) is 56.2 Å². The van der Waals surface area contributed by atoms with Crippen LogP contribution >= 0.6 is 0 Å². The van der Waals surface area contributed by atoms with Gasteiger partial charge in [0.2, 0.25) is 5.91 Å². The van der Waals surface area contributed by atoms with E-state index in [2.05, 4.69) is 15.4 Å². The summed E-state index contributed by atoms with van der Waals surface area (Å²) in [6, 6.07) is 12.9. The molecular weight excluding hydrogens is 328 g/mol. The minimum absolute atomic E-state index is 0.0272. The normalized spacial score (nSPS) is 10.5. The highest BCUT2D eigenvalue weighted by atomic mass is 16.2. The number of amides is 1. The van der Waals surface area contributed by atoms with Gasteiger partial charge in [-0.25, -0.2) is 0 Å². The first-order valence-corrected chi connectivity index (χ1v) is 8.41. The van der Waals surface area contributed by atoms with Crippen molar-refractivity contribution in [3.8, 4) is 11.3 Å². The summed E-state index contributed by atoms with van der Waals surface area (Å²) in [5, 5.41) is 6.99. The summed E-state index contributed by atoms with van der Waals surface area (Å²) in [5.41, 5.74) is 3.43. The number of ketones is 1. The Balaban J connectivity index is 1.52. The Kier molecular flexibility index (Phi) is 5.53. The Morgan fingerprint density at radius 2 is 1.88 bits per heavy atom. The van der Waals surface area contributed by atoms with Gasteiger partial charge in [-0.05, 0) is 17.7 Å². The fraction of sp³-hybridized carbons (Fsp3) is 0.200. The van der Waals surface area contributed by atoms with E-state index >= 15 is 0 Å². The fourth-order valence-corrected chi connectivity index (χ4v) is 2.67. The summed E-state index contributed by atoms with van der Waals surface area (Å²) in [4.78, 5) is 28.3. The van der Waals surface area contributed by atoms with E-state index in [1.807, 2.05) is 37.4 Å². The third kappa shape index (κ3) is 4.42. The van der Waals surface area contributed by atoms with Crippen LogP contribution in [-0.2, 0) is 18.4 Å². The number of benzene rings is 1. The van der Waals surface area contributed by atoms with Crippen LogP contribution in [0, 0.1) is 0 Å². The molecule has 3 aromatic rings. The van der Waals surface area contributed by atoms with Crippen LogP contribution in [0.25, 0.3) is 11.3 Å². The maximum absolute atomic E-state index is 12.0. The number of nitrogens with zero attached hydrogens (tertiary/aromatic N) is 3. The van der Waals surface area contributed by atoms with Crippen molar-refractivity contribution >= 4 is 11.7 Å². The highest BCUT2D eigenvalue weighted by Gasteiger charge is 2.09. The predicted octanol–water partition coefficient (Wildman–Crippen LogP) is 2.76. The molecule has 3 rings (SSSR count). The van der Waals surface area contributed by atoms with Crippen molar-refractivity contribution in [1.29, 1.82) is 0 Å². The maximum Gasteiger partial charge on any atom is 0.220 e. The summed E-state index contributed by atoms with van der Waals surface area (Å²) in [6.07, 6.45) is 5.58. The molecule has 0 atom stereocenters. The van der Waals surface area contributed by atoms with Crippen molar-refractivity contribution in [2.45, 2.75) is 19.4 Å². The minimum atomic E-state index is -0.153. The van der Waals surface area contributed by atoms with Gasteiger partial charge in [-0.3, -0.25) is 19.3 Å².